The van der Waals surface area contributed by atoms with Crippen LogP contribution in [0.2, 0.25) is 0 Å². The quantitative estimate of drug-likeness (QED) is 0.398. The van der Waals surface area contributed by atoms with Gasteiger partial charge in [-0.05, 0) is 70.6 Å². The Morgan fingerprint density at radius 3 is 1.97 bits per heavy atom. The second kappa shape index (κ2) is 11.6. The lowest BCUT2D eigenvalue weighted by atomic mass is 9.60. The molecule has 0 aromatic heterocycles. The fraction of sp³-hybridized carbons (Fsp3) is 0.917. The van der Waals surface area contributed by atoms with Crippen molar-refractivity contribution < 1.29 is 28.6 Å². The first-order valence-corrected chi connectivity index (χ1v) is 14.0. The van der Waals surface area contributed by atoms with Gasteiger partial charge in [0.05, 0.1) is 40.0 Å². The molecule has 0 heterocycles. The van der Waals surface area contributed by atoms with Crippen LogP contribution >= 0.6 is 34.8 Å². The zero-order valence-corrected chi connectivity index (χ0v) is 22.1. The second-order valence-corrected chi connectivity index (χ2v) is 12.5. The molecule has 7 nitrogen and oxygen atoms in total. The Morgan fingerprint density at radius 2 is 1.40 bits per heavy atom. The van der Waals surface area contributed by atoms with Crippen molar-refractivity contribution in [3.63, 3.8) is 0 Å². The Hall–Kier alpha value is -0.380. The third kappa shape index (κ3) is 6.74. The van der Waals surface area contributed by atoms with Gasteiger partial charge in [0, 0.05) is 5.54 Å². The largest absolute Gasteiger partial charge is 0.391 e. The molecule has 0 aromatic carbocycles. The van der Waals surface area contributed by atoms with Gasteiger partial charge in [0.1, 0.15) is 19.4 Å². The molecule has 7 atom stereocenters. The molecule has 35 heavy (non-hydrogen) atoms. The Labute approximate surface area is 221 Å². The van der Waals surface area contributed by atoms with E-state index < -0.39 is 28.7 Å². The first-order chi connectivity index (χ1) is 16.6. The maximum atomic E-state index is 13.5. The number of rotatable bonds is 8. The minimum Gasteiger partial charge on any atom is -0.391 e. The average molecular weight is 558 g/mol. The van der Waals surface area contributed by atoms with Crippen LogP contribution in [-0.2, 0) is 19.1 Å². The van der Waals surface area contributed by atoms with Crippen LogP contribution in [0.4, 0.5) is 4.39 Å². The lowest BCUT2D eigenvalue weighted by Gasteiger charge is -2.56. The van der Waals surface area contributed by atoms with E-state index in [1.807, 2.05) is 0 Å². The monoisotopic (exact) mass is 556 g/mol. The molecule has 0 spiro atoms. The van der Waals surface area contributed by atoms with Crippen LogP contribution in [0.25, 0.3) is 0 Å². The van der Waals surface area contributed by atoms with Crippen molar-refractivity contribution in [3.8, 4) is 0 Å². The van der Waals surface area contributed by atoms with Gasteiger partial charge in [0.15, 0.2) is 0 Å². The highest BCUT2D eigenvalue weighted by molar-refractivity contribution is 6.30. The molecule has 0 radical (unpaired) electrons. The van der Waals surface area contributed by atoms with Gasteiger partial charge >= 0.3 is 0 Å². The van der Waals surface area contributed by atoms with Crippen LogP contribution in [0.3, 0.4) is 0 Å². The molecular formula is C24H36Cl3FN2O5. The number of aliphatic hydroxyl groups excluding tert-OH is 1. The normalized spacial score (nSPS) is 43.5. The number of fused-ring (bicyclic) bond motifs is 3. The number of ether oxygens (including phenoxy) is 2. The predicted molar refractivity (Wildman–Crippen MR) is 132 cm³/mol. The molecule has 11 heteroatoms. The third-order valence-corrected chi connectivity index (χ3v) is 9.89. The van der Waals surface area contributed by atoms with Crippen molar-refractivity contribution in [1.29, 1.82) is 0 Å². The number of nitrogens with one attached hydrogen (secondary N) is 2. The average Bonchev–Trinajstić information content (AvgIpc) is 2.82. The Kier molecular flexibility index (Phi) is 9.14. The number of aliphatic hydroxyl groups is 1. The van der Waals surface area contributed by atoms with Crippen LogP contribution in [0, 0.1) is 0 Å². The van der Waals surface area contributed by atoms with E-state index in [1.165, 1.54) is 0 Å². The maximum Gasteiger partial charge on any atom is 0.246 e. The summed E-state index contributed by atoms with van der Waals surface area (Å²) in [6.45, 7) is -0.195. The van der Waals surface area contributed by atoms with Crippen molar-refractivity contribution in [2.24, 2.45) is 0 Å². The maximum absolute atomic E-state index is 13.5. The minimum atomic E-state index is -1.02. The van der Waals surface area contributed by atoms with Crippen molar-refractivity contribution in [3.05, 3.63) is 0 Å². The smallest absolute Gasteiger partial charge is 0.246 e. The van der Waals surface area contributed by atoms with Gasteiger partial charge in [0.25, 0.3) is 0 Å². The van der Waals surface area contributed by atoms with E-state index in [4.69, 9.17) is 44.3 Å². The van der Waals surface area contributed by atoms with Gasteiger partial charge < -0.3 is 25.2 Å². The zero-order valence-electron chi connectivity index (χ0n) is 19.8. The number of hydrogen-bond donors (Lipinski definition) is 3. The molecule has 0 saturated heterocycles. The third-order valence-electron chi connectivity index (χ3n) is 8.30. The summed E-state index contributed by atoms with van der Waals surface area (Å²) in [6.07, 6.45) is 4.14. The van der Waals surface area contributed by atoms with Gasteiger partial charge in [-0.15, -0.1) is 34.8 Å². The molecule has 2 amide bonds. The first-order valence-electron chi connectivity index (χ1n) is 12.7. The molecule has 5 fully saturated rings. The zero-order chi connectivity index (χ0) is 25.2. The van der Waals surface area contributed by atoms with Crippen LogP contribution in [0.15, 0.2) is 0 Å². The van der Waals surface area contributed by atoms with E-state index in [0.717, 1.165) is 12.8 Å². The lowest BCUT2D eigenvalue weighted by Crippen LogP contribution is -2.70. The molecule has 6 unspecified atom stereocenters. The standard InChI is InChI=1S/C24H36Cl3FN2O5/c25-16-3-1-14(9-17(16)26)35-13-22(33)30-24-7-5-23(6-8-24,11-20(24)31)29-21(32)12-34-15-2-4-19(28)18(27)10-15/h14-20,31H,1-13H2,(H,29,32)(H,30,33)/t14?,15?,16?,17?,18?,19?,20-,23?,24?/m0/s1. The van der Waals surface area contributed by atoms with Crippen molar-refractivity contribution >= 4 is 46.6 Å². The Bertz CT molecular complexity index is 769. The predicted octanol–water partition coefficient (Wildman–Crippen LogP) is 3.33. The minimum absolute atomic E-state index is 0.0643. The van der Waals surface area contributed by atoms with Gasteiger partial charge in [0.2, 0.25) is 11.8 Å². The topological polar surface area (TPSA) is 96.9 Å². The molecule has 200 valence electrons. The molecule has 5 rings (SSSR count). The van der Waals surface area contributed by atoms with Crippen molar-refractivity contribution in [1.82, 2.24) is 10.6 Å². The molecule has 3 N–H and O–H groups in total. The summed E-state index contributed by atoms with van der Waals surface area (Å²) in [4.78, 5) is 25.2. The summed E-state index contributed by atoms with van der Waals surface area (Å²) in [5.41, 5.74) is -1.21. The molecule has 0 aromatic rings. The molecule has 5 aliphatic carbocycles. The van der Waals surface area contributed by atoms with E-state index in [2.05, 4.69) is 10.6 Å². The number of alkyl halides is 4. The van der Waals surface area contributed by atoms with Crippen molar-refractivity contribution in [2.45, 2.75) is 122 Å². The highest BCUT2D eigenvalue weighted by atomic mass is 35.5. The molecule has 0 aliphatic heterocycles. The van der Waals surface area contributed by atoms with Gasteiger partial charge in [-0.25, -0.2) is 4.39 Å². The van der Waals surface area contributed by atoms with Crippen molar-refractivity contribution in [2.75, 3.05) is 13.2 Å². The number of carbonyl (C=O) groups is 2. The van der Waals surface area contributed by atoms with Crippen LogP contribution in [0.5, 0.6) is 0 Å². The lowest BCUT2D eigenvalue weighted by molar-refractivity contribution is -0.141. The molecule has 2 bridgehead atoms. The van der Waals surface area contributed by atoms with E-state index in [1.54, 1.807) is 0 Å². The second-order valence-electron chi connectivity index (χ2n) is 10.8. The first kappa shape index (κ1) is 27.6. The highest BCUT2D eigenvalue weighted by Crippen LogP contribution is 2.47. The van der Waals surface area contributed by atoms with E-state index in [-0.39, 0.29) is 48.0 Å². The van der Waals surface area contributed by atoms with Crippen LogP contribution < -0.4 is 10.6 Å². The SMILES string of the molecule is O=C(COC1CCC(F)C(Cl)C1)NC12CCC(NC(=O)COC3CCC(Cl)C(Cl)C3)(CC1)[C@@H](O)C2. The van der Waals surface area contributed by atoms with E-state index in [0.29, 0.717) is 57.8 Å². The number of carbonyl (C=O) groups excluding carboxylic acids is 2. The summed E-state index contributed by atoms with van der Waals surface area (Å²) in [6, 6.07) is 0. The summed E-state index contributed by atoms with van der Waals surface area (Å²) in [5.74, 6) is -0.502. The van der Waals surface area contributed by atoms with E-state index in [9.17, 15) is 19.1 Å². The number of halogens is 4. The van der Waals surface area contributed by atoms with Gasteiger partial charge in [-0.2, -0.15) is 0 Å². The van der Waals surface area contributed by atoms with Crippen LogP contribution in [0.1, 0.15) is 70.6 Å². The highest BCUT2D eigenvalue weighted by Gasteiger charge is 2.55. The summed E-state index contributed by atoms with van der Waals surface area (Å²) >= 11 is 18.3. The Balaban J connectivity index is 1.20. The summed E-state index contributed by atoms with van der Waals surface area (Å²) < 4.78 is 25.0. The van der Waals surface area contributed by atoms with Crippen LogP contribution in [-0.4, -0.2) is 81.8 Å². The number of hydrogen-bond acceptors (Lipinski definition) is 5. The summed E-state index contributed by atoms with van der Waals surface area (Å²) in [5, 5.41) is 16.2. The summed E-state index contributed by atoms with van der Waals surface area (Å²) in [7, 11) is 0. The number of amides is 2. The Morgan fingerprint density at radius 1 is 0.829 bits per heavy atom. The van der Waals surface area contributed by atoms with E-state index >= 15 is 0 Å². The molecular weight excluding hydrogens is 522 g/mol. The fourth-order valence-electron chi connectivity index (χ4n) is 6.08. The molecule has 5 aliphatic rings. The fourth-order valence-corrected chi connectivity index (χ4v) is 6.96. The van der Waals surface area contributed by atoms with Gasteiger partial charge in [-0.1, -0.05) is 0 Å². The molecule has 5 saturated carbocycles. The van der Waals surface area contributed by atoms with Gasteiger partial charge in [-0.3, -0.25) is 9.59 Å².